The fraction of sp³-hybridized carbons (Fsp3) is 0.381. The standard InChI is InChI=1S/C21H25N3O/c1-16-2-3-18(12-23-16)13-24-8-9-25-15-19(14-24)10-17-4-5-21-20(11-17)6-7-22-21/h2-7,11-12,19,22H,8-10,13-15H2,1H3/t19-/m1/s1. The Hall–Kier alpha value is -2.17. The maximum absolute atomic E-state index is 5.88. The lowest BCUT2D eigenvalue weighted by molar-refractivity contribution is 0.121. The molecule has 4 rings (SSSR count). The van der Waals surface area contributed by atoms with Crippen LogP contribution in [0.3, 0.4) is 0 Å². The average molecular weight is 335 g/mol. The second-order valence-electron chi connectivity index (χ2n) is 7.09. The number of hydrogen-bond acceptors (Lipinski definition) is 3. The molecule has 0 amide bonds. The molecule has 2 aromatic heterocycles. The summed E-state index contributed by atoms with van der Waals surface area (Å²) in [5, 5.41) is 1.29. The summed E-state index contributed by atoms with van der Waals surface area (Å²) in [6, 6.07) is 13.1. The normalized spacial score (nSPS) is 19.2. The minimum atomic E-state index is 0.525. The number of fused-ring (bicyclic) bond motifs is 1. The van der Waals surface area contributed by atoms with Gasteiger partial charge >= 0.3 is 0 Å². The highest BCUT2D eigenvalue weighted by atomic mass is 16.5. The fourth-order valence-electron chi connectivity index (χ4n) is 3.63. The molecule has 25 heavy (non-hydrogen) atoms. The van der Waals surface area contributed by atoms with Crippen LogP contribution in [0.4, 0.5) is 0 Å². The van der Waals surface area contributed by atoms with Gasteiger partial charge in [0.2, 0.25) is 0 Å². The van der Waals surface area contributed by atoms with E-state index in [9.17, 15) is 0 Å². The molecule has 130 valence electrons. The zero-order valence-electron chi connectivity index (χ0n) is 14.7. The monoisotopic (exact) mass is 335 g/mol. The molecule has 0 aliphatic carbocycles. The predicted octanol–water partition coefficient (Wildman–Crippen LogP) is 3.56. The summed E-state index contributed by atoms with van der Waals surface area (Å²) >= 11 is 0. The maximum atomic E-state index is 5.88. The van der Waals surface area contributed by atoms with Gasteiger partial charge in [0.1, 0.15) is 0 Å². The number of ether oxygens (including phenoxy) is 1. The van der Waals surface area contributed by atoms with E-state index in [0.29, 0.717) is 5.92 Å². The Balaban J connectivity index is 1.42. The molecule has 0 bridgehead atoms. The average Bonchev–Trinajstić information content (AvgIpc) is 2.97. The largest absolute Gasteiger partial charge is 0.380 e. The van der Waals surface area contributed by atoms with E-state index >= 15 is 0 Å². The van der Waals surface area contributed by atoms with Gasteiger partial charge in [0.15, 0.2) is 0 Å². The molecule has 1 aromatic carbocycles. The Morgan fingerprint density at radius 1 is 1.20 bits per heavy atom. The van der Waals surface area contributed by atoms with Gasteiger partial charge in [0, 0.05) is 43.2 Å². The lowest BCUT2D eigenvalue weighted by Crippen LogP contribution is -2.30. The van der Waals surface area contributed by atoms with Crippen molar-refractivity contribution >= 4 is 10.9 Å². The molecule has 4 nitrogen and oxygen atoms in total. The zero-order chi connectivity index (χ0) is 17.1. The molecule has 0 unspecified atom stereocenters. The van der Waals surface area contributed by atoms with Crippen molar-refractivity contribution in [1.29, 1.82) is 0 Å². The smallest absolute Gasteiger partial charge is 0.0593 e. The number of aromatic amines is 1. The summed E-state index contributed by atoms with van der Waals surface area (Å²) in [6.45, 7) is 6.69. The number of rotatable bonds is 4. The molecule has 1 N–H and O–H groups in total. The molecule has 4 heteroatoms. The summed E-state index contributed by atoms with van der Waals surface area (Å²) in [5.74, 6) is 0.525. The van der Waals surface area contributed by atoms with Crippen molar-refractivity contribution < 1.29 is 4.74 Å². The van der Waals surface area contributed by atoms with Gasteiger partial charge in [-0.1, -0.05) is 12.1 Å². The van der Waals surface area contributed by atoms with E-state index in [1.54, 1.807) is 0 Å². The van der Waals surface area contributed by atoms with Crippen LogP contribution in [0.25, 0.3) is 10.9 Å². The third kappa shape index (κ3) is 4.09. The summed E-state index contributed by atoms with van der Waals surface area (Å²) in [5.41, 5.74) is 4.94. The molecule has 3 aromatic rings. The molecule has 1 atom stereocenters. The first-order chi connectivity index (χ1) is 12.3. The molecular formula is C21H25N3O. The zero-order valence-corrected chi connectivity index (χ0v) is 14.7. The summed E-state index contributed by atoms with van der Waals surface area (Å²) in [4.78, 5) is 10.2. The van der Waals surface area contributed by atoms with Crippen LogP contribution in [0.15, 0.2) is 48.8 Å². The van der Waals surface area contributed by atoms with Crippen LogP contribution in [0.1, 0.15) is 16.8 Å². The Morgan fingerprint density at radius 3 is 3.00 bits per heavy atom. The van der Waals surface area contributed by atoms with Gasteiger partial charge in [-0.3, -0.25) is 9.88 Å². The first-order valence-corrected chi connectivity index (χ1v) is 9.04. The van der Waals surface area contributed by atoms with E-state index in [2.05, 4.69) is 51.3 Å². The minimum absolute atomic E-state index is 0.525. The number of H-pyrrole nitrogens is 1. The molecule has 0 spiro atoms. The highest BCUT2D eigenvalue weighted by Gasteiger charge is 2.19. The molecule has 1 saturated heterocycles. The number of aryl methyl sites for hydroxylation is 1. The molecule has 1 aliphatic rings. The lowest BCUT2D eigenvalue weighted by Gasteiger charge is -2.23. The van der Waals surface area contributed by atoms with Crippen LogP contribution in [-0.2, 0) is 17.7 Å². The van der Waals surface area contributed by atoms with Crippen molar-refractivity contribution in [3.05, 3.63) is 65.6 Å². The number of aromatic nitrogens is 2. The fourth-order valence-corrected chi connectivity index (χ4v) is 3.63. The number of nitrogens with zero attached hydrogens (tertiary/aromatic N) is 2. The van der Waals surface area contributed by atoms with E-state index in [-0.39, 0.29) is 0 Å². The van der Waals surface area contributed by atoms with Gasteiger partial charge in [0.25, 0.3) is 0 Å². The van der Waals surface area contributed by atoms with Crippen molar-refractivity contribution in [2.24, 2.45) is 5.92 Å². The number of pyridine rings is 1. The van der Waals surface area contributed by atoms with Gasteiger partial charge in [-0.05, 0) is 60.0 Å². The van der Waals surface area contributed by atoms with E-state index in [4.69, 9.17) is 4.74 Å². The van der Waals surface area contributed by atoms with Crippen molar-refractivity contribution in [2.75, 3.05) is 26.3 Å². The summed E-state index contributed by atoms with van der Waals surface area (Å²) < 4.78 is 5.88. The van der Waals surface area contributed by atoms with Crippen molar-refractivity contribution in [3.63, 3.8) is 0 Å². The summed E-state index contributed by atoms with van der Waals surface area (Å²) in [6.07, 6.45) is 5.06. The van der Waals surface area contributed by atoms with E-state index in [0.717, 1.165) is 45.0 Å². The van der Waals surface area contributed by atoms with Gasteiger partial charge in [-0.15, -0.1) is 0 Å². The number of hydrogen-bond donors (Lipinski definition) is 1. The quantitative estimate of drug-likeness (QED) is 0.792. The second kappa shape index (κ2) is 7.38. The highest BCUT2D eigenvalue weighted by Crippen LogP contribution is 2.19. The van der Waals surface area contributed by atoms with Crippen LogP contribution in [0, 0.1) is 12.8 Å². The number of benzene rings is 1. The van der Waals surface area contributed by atoms with Crippen LogP contribution in [0.2, 0.25) is 0 Å². The van der Waals surface area contributed by atoms with Crippen molar-refractivity contribution in [2.45, 2.75) is 19.9 Å². The Labute approximate surface area is 148 Å². The Morgan fingerprint density at radius 2 is 2.12 bits per heavy atom. The van der Waals surface area contributed by atoms with Crippen LogP contribution >= 0.6 is 0 Å². The molecule has 0 saturated carbocycles. The third-order valence-electron chi connectivity index (χ3n) is 4.94. The van der Waals surface area contributed by atoms with Crippen LogP contribution in [-0.4, -0.2) is 41.2 Å². The van der Waals surface area contributed by atoms with Crippen LogP contribution in [0.5, 0.6) is 0 Å². The molecule has 3 heterocycles. The first kappa shape index (κ1) is 16.3. The van der Waals surface area contributed by atoms with Gasteiger partial charge in [-0.2, -0.15) is 0 Å². The topological polar surface area (TPSA) is 41.1 Å². The van der Waals surface area contributed by atoms with Gasteiger partial charge in [-0.25, -0.2) is 0 Å². The minimum Gasteiger partial charge on any atom is -0.380 e. The van der Waals surface area contributed by atoms with Crippen molar-refractivity contribution in [3.8, 4) is 0 Å². The van der Waals surface area contributed by atoms with E-state index in [1.807, 2.05) is 19.3 Å². The predicted molar refractivity (Wildman–Crippen MR) is 101 cm³/mol. The lowest BCUT2D eigenvalue weighted by atomic mass is 9.98. The molecule has 1 fully saturated rings. The van der Waals surface area contributed by atoms with Crippen molar-refractivity contribution in [1.82, 2.24) is 14.9 Å². The highest BCUT2D eigenvalue weighted by molar-refractivity contribution is 5.79. The number of nitrogens with one attached hydrogen (secondary N) is 1. The second-order valence-corrected chi connectivity index (χ2v) is 7.09. The Kier molecular flexibility index (Phi) is 4.81. The summed E-state index contributed by atoms with van der Waals surface area (Å²) in [7, 11) is 0. The third-order valence-corrected chi connectivity index (χ3v) is 4.94. The van der Waals surface area contributed by atoms with E-state index in [1.165, 1.54) is 22.0 Å². The van der Waals surface area contributed by atoms with Gasteiger partial charge in [0.05, 0.1) is 13.2 Å². The van der Waals surface area contributed by atoms with Crippen LogP contribution < -0.4 is 0 Å². The molecular weight excluding hydrogens is 310 g/mol. The van der Waals surface area contributed by atoms with E-state index < -0.39 is 0 Å². The molecule has 0 radical (unpaired) electrons. The first-order valence-electron chi connectivity index (χ1n) is 9.04. The van der Waals surface area contributed by atoms with Gasteiger partial charge < -0.3 is 9.72 Å². The Bertz CT molecular complexity index is 825. The SMILES string of the molecule is Cc1ccc(CN2CCOC[C@H](Cc3ccc4[nH]ccc4c3)C2)cn1. The maximum Gasteiger partial charge on any atom is 0.0593 e. The molecule has 1 aliphatic heterocycles.